The molecule has 0 saturated heterocycles. The number of halogens is 1. The summed E-state index contributed by atoms with van der Waals surface area (Å²) in [5, 5.41) is 2.48. The molecule has 36 heavy (non-hydrogen) atoms. The van der Waals surface area contributed by atoms with Gasteiger partial charge in [0.25, 0.3) is 0 Å². The van der Waals surface area contributed by atoms with Crippen LogP contribution in [0.4, 0.5) is 0 Å². The molecule has 1 saturated carbocycles. The third-order valence-corrected chi connectivity index (χ3v) is 7.47. The third-order valence-electron chi connectivity index (χ3n) is 6.98. The first-order valence-corrected chi connectivity index (χ1v) is 13.1. The van der Waals surface area contributed by atoms with Gasteiger partial charge in [-0.2, -0.15) is 0 Å². The van der Waals surface area contributed by atoms with E-state index in [-0.39, 0.29) is 24.1 Å². The molecule has 5 aromatic rings. The summed E-state index contributed by atoms with van der Waals surface area (Å²) in [6, 6.07) is 13.6. The lowest BCUT2D eigenvalue weighted by Gasteiger charge is -2.21. The van der Waals surface area contributed by atoms with E-state index in [9.17, 15) is 9.59 Å². The summed E-state index contributed by atoms with van der Waals surface area (Å²) in [6.07, 6.45) is 11.1. The molecule has 182 valence electrons. The SMILES string of the molecule is O=C(COc1cc2c(=O)c(Cc3cccnc3)cn3c4ccc(Br)cc4c(c1)c23)OC1CCCCC1. The van der Waals surface area contributed by atoms with E-state index in [1.165, 1.54) is 6.42 Å². The van der Waals surface area contributed by atoms with Gasteiger partial charge in [0.05, 0.1) is 16.4 Å². The zero-order chi connectivity index (χ0) is 24.6. The summed E-state index contributed by atoms with van der Waals surface area (Å²) >= 11 is 3.58. The van der Waals surface area contributed by atoms with Crippen LogP contribution < -0.4 is 10.2 Å². The maximum absolute atomic E-state index is 13.6. The zero-order valence-electron chi connectivity index (χ0n) is 19.7. The van der Waals surface area contributed by atoms with Crippen LogP contribution in [0.3, 0.4) is 0 Å². The predicted molar refractivity (Wildman–Crippen MR) is 143 cm³/mol. The number of esters is 1. The normalized spacial score (nSPS) is 14.6. The second kappa shape index (κ2) is 9.54. The minimum atomic E-state index is -0.371. The van der Waals surface area contributed by atoms with Crippen molar-refractivity contribution in [3.05, 3.63) is 86.9 Å². The molecule has 0 aliphatic heterocycles. The molecule has 0 atom stereocenters. The number of nitrogens with zero attached hydrogens (tertiary/aromatic N) is 2. The van der Waals surface area contributed by atoms with Gasteiger partial charge in [-0.3, -0.25) is 9.78 Å². The molecule has 3 heterocycles. The van der Waals surface area contributed by atoms with Crippen molar-refractivity contribution in [1.29, 1.82) is 0 Å². The molecule has 0 N–H and O–H groups in total. The molecule has 1 aliphatic rings. The van der Waals surface area contributed by atoms with Crippen LogP contribution >= 0.6 is 15.9 Å². The van der Waals surface area contributed by atoms with Gasteiger partial charge < -0.3 is 13.9 Å². The average molecular weight is 545 g/mol. The summed E-state index contributed by atoms with van der Waals surface area (Å²) in [7, 11) is 0. The van der Waals surface area contributed by atoms with Crippen LogP contribution in [0.15, 0.2) is 70.3 Å². The monoisotopic (exact) mass is 544 g/mol. The molecule has 3 aromatic heterocycles. The summed E-state index contributed by atoms with van der Waals surface area (Å²) in [5.74, 6) is 0.109. The number of aromatic nitrogens is 2. The minimum Gasteiger partial charge on any atom is -0.482 e. The van der Waals surface area contributed by atoms with E-state index in [4.69, 9.17) is 9.47 Å². The Hall–Kier alpha value is -3.45. The van der Waals surface area contributed by atoms with E-state index < -0.39 is 0 Å². The minimum absolute atomic E-state index is 0.0180. The maximum Gasteiger partial charge on any atom is 0.344 e. The van der Waals surface area contributed by atoms with E-state index in [2.05, 4.69) is 25.3 Å². The molecule has 0 unspecified atom stereocenters. The van der Waals surface area contributed by atoms with E-state index in [1.807, 2.05) is 42.6 Å². The molecule has 0 spiro atoms. The number of benzene rings is 2. The first kappa shape index (κ1) is 23.0. The zero-order valence-corrected chi connectivity index (χ0v) is 21.3. The Morgan fingerprint density at radius 1 is 1.06 bits per heavy atom. The number of hydrogen-bond acceptors (Lipinski definition) is 5. The first-order chi connectivity index (χ1) is 17.6. The Kier molecular flexibility index (Phi) is 6.09. The van der Waals surface area contributed by atoms with Crippen molar-refractivity contribution >= 4 is 49.1 Å². The summed E-state index contributed by atoms with van der Waals surface area (Å²) < 4.78 is 14.5. The van der Waals surface area contributed by atoms with Gasteiger partial charge in [-0.05, 0) is 67.6 Å². The maximum atomic E-state index is 13.6. The summed E-state index contributed by atoms with van der Waals surface area (Å²) in [6.45, 7) is -0.184. The van der Waals surface area contributed by atoms with E-state index in [0.29, 0.717) is 23.1 Å². The molecule has 0 bridgehead atoms. The van der Waals surface area contributed by atoms with Gasteiger partial charge in [0.1, 0.15) is 11.9 Å². The Morgan fingerprint density at radius 2 is 1.89 bits per heavy atom. The molecular formula is C29H25BrN2O4. The van der Waals surface area contributed by atoms with Crippen LogP contribution in [0.25, 0.3) is 27.2 Å². The van der Waals surface area contributed by atoms with Crippen LogP contribution in [0.5, 0.6) is 5.75 Å². The number of carbonyl (C=O) groups is 1. The molecule has 6 rings (SSSR count). The van der Waals surface area contributed by atoms with Crippen molar-refractivity contribution in [1.82, 2.24) is 9.38 Å². The summed E-state index contributed by atoms with van der Waals surface area (Å²) in [4.78, 5) is 30.3. The Morgan fingerprint density at radius 3 is 2.69 bits per heavy atom. The number of fused-ring (bicyclic) bond motifs is 3. The van der Waals surface area contributed by atoms with Crippen molar-refractivity contribution in [2.24, 2.45) is 0 Å². The van der Waals surface area contributed by atoms with E-state index in [1.54, 1.807) is 18.5 Å². The summed E-state index contributed by atoms with van der Waals surface area (Å²) in [5.41, 5.74) is 3.44. The second-order valence-corrected chi connectivity index (χ2v) is 10.4. The molecular weight excluding hydrogens is 520 g/mol. The van der Waals surface area contributed by atoms with E-state index in [0.717, 1.165) is 57.5 Å². The fourth-order valence-corrected chi connectivity index (χ4v) is 5.66. The topological polar surface area (TPSA) is 69.9 Å². The van der Waals surface area contributed by atoms with Crippen molar-refractivity contribution in [2.45, 2.75) is 44.6 Å². The van der Waals surface area contributed by atoms with Gasteiger partial charge in [-0.25, -0.2) is 4.79 Å². The molecule has 1 fully saturated rings. The smallest absolute Gasteiger partial charge is 0.344 e. The molecule has 1 aliphatic carbocycles. The fourth-order valence-electron chi connectivity index (χ4n) is 5.30. The van der Waals surface area contributed by atoms with Crippen LogP contribution in [0, 0.1) is 0 Å². The highest BCUT2D eigenvalue weighted by Crippen LogP contribution is 2.36. The number of pyridine rings is 2. The lowest BCUT2D eigenvalue weighted by molar-refractivity contribution is -0.152. The highest BCUT2D eigenvalue weighted by atomic mass is 79.9. The lowest BCUT2D eigenvalue weighted by Crippen LogP contribution is -2.24. The molecule has 7 heteroatoms. The largest absolute Gasteiger partial charge is 0.482 e. The molecule has 6 nitrogen and oxygen atoms in total. The second-order valence-electron chi connectivity index (χ2n) is 9.46. The van der Waals surface area contributed by atoms with Crippen LogP contribution in [-0.2, 0) is 16.0 Å². The number of hydrogen-bond donors (Lipinski definition) is 0. The van der Waals surface area contributed by atoms with Gasteiger partial charge in [-0.1, -0.05) is 28.4 Å². The number of ether oxygens (including phenoxy) is 2. The van der Waals surface area contributed by atoms with Crippen molar-refractivity contribution in [2.75, 3.05) is 6.61 Å². The Labute approximate surface area is 216 Å². The third kappa shape index (κ3) is 4.32. The average Bonchev–Trinajstić information content (AvgIpc) is 3.19. The predicted octanol–water partition coefficient (Wildman–Crippen LogP) is 6.05. The van der Waals surface area contributed by atoms with Gasteiger partial charge >= 0.3 is 5.97 Å². The van der Waals surface area contributed by atoms with Crippen LogP contribution in [0.2, 0.25) is 0 Å². The Balaban J connectivity index is 1.41. The standard InChI is InChI=1S/C29H25BrN2O4/c30-20-8-9-26-23(12-20)24-13-22(35-17-27(33)36-21-6-2-1-3-7-21)14-25-28(24)32(26)16-19(29(25)34)11-18-5-4-10-31-15-18/h4-5,8-10,12-16,21H,1-3,6-7,11,17H2. The van der Waals surface area contributed by atoms with Crippen LogP contribution in [0.1, 0.15) is 43.2 Å². The van der Waals surface area contributed by atoms with Gasteiger partial charge in [0.15, 0.2) is 12.0 Å². The fraction of sp³-hybridized carbons (Fsp3) is 0.276. The molecule has 0 amide bonds. The highest BCUT2D eigenvalue weighted by molar-refractivity contribution is 9.10. The molecule has 2 aromatic carbocycles. The van der Waals surface area contributed by atoms with Gasteiger partial charge in [0, 0.05) is 45.8 Å². The van der Waals surface area contributed by atoms with Crippen molar-refractivity contribution in [3.8, 4) is 5.75 Å². The van der Waals surface area contributed by atoms with Crippen molar-refractivity contribution < 1.29 is 14.3 Å². The van der Waals surface area contributed by atoms with Crippen molar-refractivity contribution in [3.63, 3.8) is 0 Å². The number of rotatable bonds is 6. The highest BCUT2D eigenvalue weighted by Gasteiger charge is 2.20. The quantitative estimate of drug-likeness (QED) is 0.243. The van der Waals surface area contributed by atoms with Gasteiger partial charge in [-0.15, -0.1) is 0 Å². The van der Waals surface area contributed by atoms with Gasteiger partial charge in [0.2, 0.25) is 0 Å². The first-order valence-electron chi connectivity index (χ1n) is 12.3. The Bertz CT molecular complexity index is 1620. The van der Waals surface area contributed by atoms with E-state index >= 15 is 0 Å². The lowest BCUT2D eigenvalue weighted by atomic mass is 9.98. The molecule has 0 radical (unpaired) electrons. The van der Waals surface area contributed by atoms with Crippen LogP contribution in [-0.4, -0.2) is 28.1 Å². The number of carbonyl (C=O) groups excluding carboxylic acids is 1.